The molecule has 0 radical (unpaired) electrons. The van der Waals surface area contributed by atoms with Gasteiger partial charge >= 0.3 is 0 Å². The number of nitrogens with zero attached hydrogens (tertiary/aromatic N) is 2. The molecule has 7 heteroatoms. The van der Waals surface area contributed by atoms with Crippen LogP contribution in [0.4, 0.5) is 0 Å². The molecule has 1 N–H and O–H groups in total. The number of fused-ring (bicyclic) bond motifs is 2. The van der Waals surface area contributed by atoms with Gasteiger partial charge in [0.25, 0.3) is 5.91 Å². The van der Waals surface area contributed by atoms with Crippen LogP contribution >= 0.6 is 11.3 Å². The first-order valence-corrected chi connectivity index (χ1v) is 7.26. The van der Waals surface area contributed by atoms with Crippen LogP contribution in [0.25, 0.3) is 4.96 Å². The van der Waals surface area contributed by atoms with E-state index in [0.717, 1.165) is 10.7 Å². The molecule has 1 amide bonds. The summed E-state index contributed by atoms with van der Waals surface area (Å²) in [5.41, 5.74) is 1.37. The van der Waals surface area contributed by atoms with Crippen molar-refractivity contribution >= 4 is 22.2 Å². The van der Waals surface area contributed by atoms with E-state index in [1.165, 1.54) is 0 Å². The van der Waals surface area contributed by atoms with Crippen molar-refractivity contribution < 1.29 is 14.3 Å². The van der Waals surface area contributed by atoms with E-state index < -0.39 is 0 Å². The highest BCUT2D eigenvalue weighted by atomic mass is 32.1. The van der Waals surface area contributed by atoms with Crippen LogP contribution in [0.1, 0.15) is 16.1 Å². The van der Waals surface area contributed by atoms with Gasteiger partial charge in [-0.15, -0.1) is 11.3 Å². The monoisotopic (exact) mass is 301 g/mol. The van der Waals surface area contributed by atoms with E-state index in [-0.39, 0.29) is 12.7 Å². The summed E-state index contributed by atoms with van der Waals surface area (Å²) in [4.78, 5) is 17.5. The normalized spacial score (nSPS) is 12.8. The number of hydrogen-bond donors (Lipinski definition) is 1. The van der Waals surface area contributed by atoms with Crippen molar-refractivity contribution in [3.63, 3.8) is 0 Å². The quantitative estimate of drug-likeness (QED) is 0.804. The lowest BCUT2D eigenvalue weighted by molar-refractivity contribution is 0.0950. The summed E-state index contributed by atoms with van der Waals surface area (Å²) in [7, 11) is 0. The second kappa shape index (κ2) is 4.78. The molecule has 0 fully saturated rings. The molecule has 21 heavy (non-hydrogen) atoms. The standard InChI is InChI=1S/C14H11N3O3S/c18-13(9-1-2-11-12(5-9)20-8-19-11)15-6-10-7-17-3-4-21-14(17)16-10/h1-5,7H,6,8H2,(H,15,18). The van der Waals surface area contributed by atoms with Crippen LogP contribution in [-0.2, 0) is 6.54 Å². The first-order valence-electron chi connectivity index (χ1n) is 6.38. The number of nitrogens with one attached hydrogen (secondary N) is 1. The molecule has 0 aliphatic carbocycles. The number of carbonyl (C=O) groups excluding carboxylic acids is 1. The van der Waals surface area contributed by atoms with Gasteiger partial charge in [0.15, 0.2) is 16.5 Å². The molecule has 6 nitrogen and oxygen atoms in total. The lowest BCUT2D eigenvalue weighted by Gasteiger charge is -2.04. The van der Waals surface area contributed by atoms with Crippen LogP contribution in [-0.4, -0.2) is 22.1 Å². The minimum atomic E-state index is -0.162. The van der Waals surface area contributed by atoms with Crippen molar-refractivity contribution in [2.24, 2.45) is 0 Å². The van der Waals surface area contributed by atoms with Crippen molar-refractivity contribution in [3.05, 3.63) is 47.2 Å². The van der Waals surface area contributed by atoms with E-state index in [2.05, 4.69) is 10.3 Å². The summed E-state index contributed by atoms with van der Waals surface area (Å²) in [6.07, 6.45) is 3.85. The van der Waals surface area contributed by atoms with E-state index in [0.29, 0.717) is 23.6 Å². The summed E-state index contributed by atoms with van der Waals surface area (Å²) in [5, 5.41) is 4.82. The lowest BCUT2D eigenvalue weighted by Crippen LogP contribution is -2.22. The van der Waals surface area contributed by atoms with Gasteiger partial charge in [-0.2, -0.15) is 0 Å². The smallest absolute Gasteiger partial charge is 0.251 e. The Bertz CT molecular complexity index is 795. The lowest BCUT2D eigenvalue weighted by atomic mass is 10.2. The van der Waals surface area contributed by atoms with E-state index >= 15 is 0 Å². The molecule has 3 aromatic rings. The maximum absolute atomic E-state index is 12.1. The minimum Gasteiger partial charge on any atom is -0.454 e. The van der Waals surface area contributed by atoms with Gasteiger partial charge in [-0.1, -0.05) is 0 Å². The van der Waals surface area contributed by atoms with Crippen LogP contribution < -0.4 is 14.8 Å². The summed E-state index contributed by atoms with van der Waals surface area (Å²) in [6, 6.07) is 5.14. The molecule has 0 unspecified atom stereocenters. The zero-order valence-corrected chi connectivity index (χ0v) is 11.7. The average Bonchev–Trinajstić information content (AvgIpc) is 3.18. The zero-order chi connectivity index (χ0) is 14.2. The number of thiazole rings is 1. The second-order valence-electron chi connectivity index (χ2n) is 4.58. The molecule has 1 aliphatic rings. The molecule has 1 aromatic carbocycles. The Labute approximate surface area is 123 Å². The highest BCUT2D eigenvalue weighted by Crippen LogP contribution is 2.32. The van der Waals surface area contributed by atoms with E-state index in [4.69, 9.17) is 9.47 Å². The van der Waals surface area contributed by atoms with Gasteiger partial charge in [0.05, 0.1) is 12.2 Å². The molecule has 1 aliphatic heterocycles. The summed E-state index contributed by atoms with van der Waals surface area (Å²) >= 11 is 1.56. The number of amides is 1. The minimum absolute atomic E-state index is 0.162. The number of carbonyl (C=O) groups is 1. The molecule has 0 saturated heterocycles. The van der Waals surface area contributed by atoms with Gasteiger partial charge in [0.1, 0.15) is 0 Å². The van der Waals surface area contributed by atoms with Crippen LogP contribution in [0, 0.1) is 0 Å². The largest absolute Gasteiger partial charge is 0.454 e. The van der Waals surface area contributed by atoms with Gasteiger partial charge in [-0.3, -0.25) is 9.20 Å². The molecule has 0 saturated carbocycles. The third-order valence-corrected chi connectivity index (χ3v) is 3.98. The molecule has 0 spiro atoms. The Morgan fingerprint density at radius 1 is 1.38 bits per heavy atom. The Morgan fingerprint density at radius 2 is 2.29 bits per heavy atom. The summed E-state index contributed by atoms with van der Waals surface area (Å²) < 4.78 is 12.4. The first-order chi connectivity index (χ1) is 10.3. The fourth-order valence-electron chi connectivity index (χ4n) is 2.17. The molecular formula is C14H11N3O3S. The predicted molar refractivity (Wildman–Crippen MR) is 76.8 cm³/mol. The number of rotatable bonds is 3. The molecule has 0 bridgehead atoms. The topological polar surface area (TPSA) is 64.9 Å². The second-order valence-corrected chi connectivity index (χ2v) is 5.45. The number of benzene rings is 1. The summed E-state index contributed by atoms with van der Waals surface area (Å²) in [6.45, 7) is 0.591. The van der Waals surface area contributed by atoms with Crippen molar-refractivity contribution in [2.45, 2.75) is 6.54 Å². The maximum Gasteiger partial charge on any atom is 0.251 e. The van der Waals surface area contributed by atoms with Crippen molar-refractivity contribution in [3.8, 4) is 11.5 Å². The predicted octanol–water partition coefficient (Wildman–Crippen LogP) is 2.05. The first kappa shape index (κ1) is 12.2. The zero-order valence-electron chi connectivity index (χ0n) is 10.9. The van der Waals surface area contributed by atoms with Crippen molar-refractivity contribution in [1.29, 1.82) is 0 Å². The Hall–Kier alpha value is -2.54. The number of aromatic nitrogens is 2. The Kier molecular flexibility index (Phi) is 2.78. The molecule has 4 rings (SSSR count). The average molecular weight is 301 g/mol. The van der Waals surface area contributed by atoms with E-state index in [9.17, 15) is 4.79 Å². The Morgan fingerprint density at radius 3 is 3.19 bits per heavy atom. The third-order valence-electron chi connectivity index (χ3n) is 3.21. The molecule has 2 aromatic heterocycles. The van der Waals surface area contributed by atoms with Gasteiger partial charge in [-0.05, 0) is 18.2 Å². The van der Waals surface area contributed by atoms with E-state index in [1.54, 1.807) is 29.5 Å². The molecule has 0 atom stereocenters. The van der Waals surface area contributed by atoms with Crippen molar-refractivity contribution in [2.75, 3.05) is 6.79 Å². The summed E-state index contributed by atoms with van der Waals surface area (Å²) in [5.74, 6) is 1.11. The van der Waals surface area contributed by atoms with Crippen LogP contribution in [0.3, 0.4) is 0 Å². The highest BCUT2D eigenvalue weighted by molar-refractivity contribution is 7.15. The van der Waals surface area contributed by atoms with Gasteiger partial charge in [-0.25, -0.2) is 4.98 Å². The molecule has 106 valence electrons. The van der Waals surface area contributed by atoms with Crippen LogP contribution in [0.15, 0.2) is 36.0 Å². The SMILES string of the molecule is O=C(NCc1cn2ccsc2n1)c1ccc2c(c1)OCO2. The Balaban J connectivity index is 1.47. The van der Waals surface area contributed by atoms with E-state index in [1.807, 2.05) is 22.2 Å². The fourth-order valence-corrected chi connectivity index (χ4v) is 2.89. The molecular weight excluding hydrogens is 290 g/mol. The fraction of sp³-hybridized carbons (Fsp3) is 0.143. The number of hydrogen-bond acceptors (Lipinski definition) is 5. The third kappa shape index (κ3) is 2.21. The van der Waals surface area contributed by atoms with Crippen molar-refractivity contribution in [1.82, 2.24) is 14.7 Å². The highest BCUT2D eigenvalue weighted by Gasteiger charge is 2.16. The van der Waals surface area contributed by atoms with Gasteiger partial charge < -0.3 is 14.8 Å². The molecule has 3 heterocycles. The number of ether oxygens (including phenoxy) is 2. The number of imidazole rings is 1. The maximum atomic E-state index is 12.1. The van der Waals surface area contributed by atoms with Crippen LogP contribution in [0.5, 0.6) is 11.5 Å². The van der Waals surface area contributed by atoms with Gasteiger partial charge in [0.2, 0.25) is 6.79 Å². The van der Waals surface area contributed by atoms with Crippen LogP contribution in [0.2, 0.25) is 0 Å². The van der Waals surface area contributed by atoms with Gasteiger partial charge in [0, 0.05) is 23.3 Å².